The maximum absolute atomic E-state index is 11.7. The van der Waals surface area contributed by atoms with Crippen molar-refractivity contribution in [3.05, 3.63) is 18.5 Å². The highest BCUT2D eigenvalue weighted by atomic mass is 16.2. The Morgan fingerprint density at radius 3 is 3.22 bits per heavy atom. The molecule has 0 radical (unpaired) electrons. The number of aromatic nitrogens is 2. The average molecular weight is 250 g/mol. The van der Waals surface area contributed by atoms with E-state index in [4.69, 9.17) is 0 Å². The molecule has 0 aromatic carbocycles. The molecule has 0 bridgehead atoms. The van der Waals surface area contributed by atoms with Crippen LogP contribution >= 0.6 is 0 Å². The second-order valence-electron chi connectivity index (χ2n) is 4.43. The van der Waals surface area contributed by atoms with E-state index in [1.54, 1.807) is 10.9 Å². The normalized spacial score (nSPS) is 19.3. The summed E-state index contributed by atoms with van der Waals surface area (Å²) in [6.45, 7) is 1.43. The third kappa shape index (κ3) is 3.58. The maximum Gasteiger partial charge on any atom is 0.242 e. The number of nitrogens with zero attached hydrogens (tertiary/aromatic N) is 2. The van der Waals surface area contributed by atoms with Crippen molar-refractivity contribution in [2.75, 3.05) is 6.54 Å². The van der Waals surface area contributed by atoms with Gasteiger partial charge < -0.3 is 10.6 Å². The van der Waals surface area contributed by atoms with Gasteiger partial charge >= 0.3 is 0 Å². The van der Waals surface area contributed by atoms with Gasteiger partial charge in [0.1, 0.15) is 6.04 Å². The van der Waals surface area contributed by atoms with Crippen molar-refractivity contribution in [2.24, 2.45) is 0 Å². The third-order valence-corrected chi connectivity index (χ3v) is 2.97. The number of carbonyl (C=O) groups is 2. The predicted molar refractivity (Wildman–Crippen MR) is 65.6 cm³/mol. The molecule has 1 aliphatic heterocycles. The van der Waals surface area contributed by atoms with E-state index in [0.29, 0.717) is 13.0 Å². The van der Waals surface area contributed by atoms with E-state index < -0.39 is 0 Å². The summed E-state index contributed by atoms with van der Waals surface area (Å²) >= 11 is 0. The maximum atomic E-state index is 11.7. The quantitative estimate of drug-likeness (QED) is 0.775. The molecule has 2 rings (SSSR count). The molecule has 1 saturated heterocycles. The van der Waals surface area contributed by atoms with Crippen LogP contribution in [-0.2, 0) is 16.1 Å². The Kier molecular flexibility index (Phi) is 4.33. The van der Waals surface area contributed by atoms with E-state index in [-0.39, 0.29) is 17.9 Å². The van der Waals surface area contributed by atoms with Gasteiger partial charge in [-0.05, 0) is 25.3 Å². The highest BCUT2D eigenvalue weighted by Gasteiger charge is 2.23. The van der Waals surface area contributed by atoms with Crippen LogP contribution < -0.4 is 10.6 Å². The lowest BCUT2D eigenvalue weighted by molar-refractivity contribution is -0.130. The fourth-order valence-corrected chi connectivity index (χ4v) is 2.01. The topological polar surface area (TPSA) is 76.0 Å². The molecule has 18 heavy (non-hydrogen) atoms. The summed E-state index contributed by atoms with van der Waals surface area (Å²) in [6, 6.07) is 1.50. The minimum absolute atomic E-state index is 0.0655. The van der Waals surface area contributed by atoms with Crippen molar-refractivity contribution in [3.8, 4) is 0 Å². The fourth-order valence-electron chi connectivity index (χ4n) is 2.01. The summed E-state index contributed by atoms with van der Waals surface area (Å²) in [4.78, 5) is 23.1. The van der Waals surface area contributed by atoms with Crippen LogP contribution in [0.5, 0.6) is 0 Å². The van der Waals surface area contributed by atoms with Crippen LogP contribution in [-0.4, -0.2) is 34.2 Å². The molecule has 1 fully saturated rings. The van der Waals surface area contributed by atoms with E-state index in [1.165, 1.54) is 0 Å². The van der Waals surface area contributed by atoms with Crippen molar-refractivity contribution in [1.29, 1.82) is 0 Å². The summed E-state index contributed by atoms with van der Waals surface area (Å²) in [7, 11) is 0. The van der Waals surface area contributed by atoms with Crippen molar-refractivity contribution in [1.82, 2.24) is 20.4 Å². The second kappa shape index (κ2) is 6.18. The van der Waals surface area contributed by atoms with Crippen LogP contribution in [0.25, 0.3) is 0 Å². The van der Waals surface area contributed by atoms with Crippen LogP contribution in [0.1, 0.15) is 25.7 Å². The Balaban J connectivity index is 1.67. The molecule has 0 saturated carbocycles. The molecular weight excluding hydrogens is 232 g/mol. The fraction of sp³-hybridized carbons (Fsp3) is 0.583. The zero-order valence-corrected chi connectivity index (χ0v) is 10.3. The summed E-state index contributed by atoms with van der Waals surface area (Å²) in [5.74, 6) is -0.133. The lowest BCUT2D eigenvalue weighted by Gasteiger charge is -2.22. The third-order valence-electron chi connectivity index (χ3n) is 2.97. The van der Waals surface area contributed by atoms with E-state index >= 15 is 0 Å². The number of hydrogen-bond donors (Lipinski definition) is 2. The zero-order chi connectivity index (χ0) is 12.8. The minimum atomic E-state index is -0.351. The van der Waals surface area contributed by atoms with Crippen molar-refractivity contribution >= 4 is 11.8 Å². The molecule has 1 aliphatic rings. The first kappa shape index (κ1) is 12.6. The number of amides is 2. The van der Waals surface area contributed by atoms with Crippen LogP contribution in [0, 0.1) is 0 Å². The molecule has 6 nitrogen and oxygen atoms in total. The van der Waals surface area contributed by atoms with Gasteiger partial charge in [0.05, 0.1) is 0 Å². The summed E-state index contributed by atoms with van der Waals surface area (Å²) in [6.07, 6.45) is 6.38. The smallest absolute Gasteiger partial charge is 0.242 e. The Morgan fingerprint density at radius 2 is 2.50 bits per heavy atom. The summed E-state index contributed by atoms with van der Waals surface area (Å²) < 4.78 is 1.79. The monoisotopic (exact) mass is 250 g/mol. The number of nitrogens with one attached hydrogen (secondary N) is 2. The molecule has 98 valence electrons. The number of piperidine rings is 1. The molecule has 1 aromatic heterocycles. The number of rotatable bonds is 5. The van der Waals surface area contributed by atoms with Gasteiger partial charge in [-0.15, -0.1) is 0 Å². The summed E-state index contributed by atoms with van der Waals surface area (Å²) in [5.41, 5.74) is 0. The SMILES string of the molecule is O=C(CCCn1cccn1)N[C@@H]1CCCNC1=O. The van der Waals surface area contributed by atoms with Crippen LogP contribution in [0.15, 0.2) is 18.5 Å². The second-order valence-corrected chi connectivity index (χ2v) is 4.43. The van der Waals surface area contributed by atoms with Crippen LogP contribution in [0.2, 0.25) is 0 Å². The molecule has 1 aromatic rings. The molecule has 0 aliphatic carbocycles. The standard InChI is InChI=1S/C12H18N4O2/c17-11(5-2-8-16-9-3-7-14-16)15-10-4-1-6-13-12(10)18/h3,7,9-10H,1-2,4-6,8H2,(H,13,18)(H,15,17)/t10-/m1/s1. The van der Waals surface area contributed by atoms with Crippen molar-refractivity contribution in [3.63, 3.8) is 0 Å². The Hall–Kier alpha value is -1.85. The van der Waals surface area contributed by atoms with Crippen LogP contribution in [0.3, 0.4) is 0 Å². The average Bonchev–Trinajstić information content (AvgIpc) is 2.85. The Labute approximate surface area is 106 Å². The van der Waals surface area contributed by atoms with Gasteiger partial charge in [-0.25, -0.2) is 0 Å². The van der Waals surface area contributed by atoms with Gasteiger partial charge in [-0.1, -0.05) is 0 Å². The zero-order valence-electron chi connectivity index (χ0n) is 10.3. The van der Waals surface area contributed by atoms with Gasteiger partial charge in [0, 0.05) is 31.9 Å². The molecule has 1 atom stereocenters. The van der Waals surface area contributed by atoms with E-state index in [2.05, 4.69) is 15.7 Å². The minimum Gasteiger partial charge on any atom is -0.354 e. The Morgan fingerprint density at radius 1 is 1.61 bits per heavy atom. The molecule has 2 amide bonds. The van der Waals surface area contributed by atoms with Crippen LogP contribution in [0.4, 0.5) is 0 Å². The first-order valence-electron chi connectivity index (χ1n) is 6.30. The molecule has 2 heterocycles. The number of carbonyl (C=O) groups excluding carboxylic acids is 2. The largest absolute Gasteiger partial charge is 0.354 e. The van der Waals surface area contributed by atoms with Gasteiger partial charge in [-0.2, -0.15) is 5.10 Å². The van der Waals surface area contributed by atoms with Gasteiger partial charge in [-0.3, -0.25) is 14.3 Å². The lowest BCUT2D eigenvalue weighted by Crippen LogP contribution is -2.50. The van der Waals surface area contributed by atoms with Crippen molar-refractivity contribution < 1.29 is 9.59 Å². The molecular formula is C12H18N4O2. The van der Waals surface area contributed by atoms with E-state index in [0.717, 1.165) is 25.8 Å². The highest BCUT2D eigenvalue weighted by Crippen LogP contribution is 2.04. The number of hydrogen-bond acceptors (Lipinski definition) is 3. The molecule has 0 unspecified atom stereocenters. The lowest BCUT2D eigenvalue weighted by atomic mass is 10.1. The summed E-state index contributed by atoms with van der Waals surface area (Å²) in [5, 5.41) is 9.58. The molecule has 6 heteroatoms. The first-order chi connectivity index (χ1) is 8.75. The van der Waals surface area contributed by atoms with E-state index in [9.17, 15) is 9.59 Å². The Bertz CT molecular complexity index is 402. The highest BCUT2D eigenvalue weighted by molar-refractivity contribution is 5.87. The molecule has 0 spiro atoms. The predicted octanol–water partition coefficient (Wildman–Crippen LogP) is 0.0581. The van der Waals surface area contributed by atoms with Gasteiger partial charge in [0.15, 0.2) is 0 Å². The molecule has 2 N–H and O–H groups in total. The van der Waals surface area contributed by atoms with Crippen molar-refractivity contribution in [2.45, 2.75) is 38.3 Å². The van der Waals surface area contributed by atoms with E-state index in [1.807, 2.05) is 12.3 Å². The van der Waals surface area contributed by atoms with Gasteiger partial charge in [0.2, 0.25) is 11.8 Å². The number of aryl methyl sites for hydroxylation is 1. The van der Waals surface area contributed by atoms with Gasteiger partial charge in [0.25, 0.3) is 0 Å². The first-order valence-corrected chi connectivity index (χ1v) is 6.30.